The van der Waals surface area contributed by atoms with E-state index < -0.39 is 12.4 Å². The highest BCUT2D eigenvalue weighted by Crippen LogP contribution is 2.02. The third kappa shape index (κ3) is 2.22. The lowest BCUT2D eigenvalue weighted by Gasteiger charge is -2.21. The van der Waals surface area contributed by atoms with E-state index in [0.717, 1.165) is 0 Å². The summed E-state index contributed by atoms with van der Waals surface area (Å²) in [6.45, 7) is 5.03. The molecule has 0 spiro atoms. The van der Waals surface area contributed by atoms with Crippen molar-refractivity contribution in [1.29, 1.82) is 0 Å². The summed E-state index contributed by atoms with van der Waals surface area (Å²) < 4.78 is 38.2. The Kier molecular flexibility index (Phi) is 1.69. The fraction of sp³-hybridized carbons (Fsp3) is 0.500. The van der Waals surface area contributed by atoms with Gasteiger partial charge in [-0.3, -0.25) is 0 Å². The van der Waals surface area contributed by atoms with Crippen molar-refractivity contribution in [3.63, 3.8) is 0 Å². The van der Waals surface area contributed by atoms with Gasteiger partial charge in [0.1, 0.15) is 5.84 Å². The van der Waals surface area contributed by atoms with E-state index in [4.69, 9.17) is 6.85 Å². The topological polar surface area (TPSA) is 15.6 Å². The molecule has 1 aliphatic heterocycles. The average molecular weight is 169 g/mol. The van der Waals surface area contributed by atoms with Gasteiger partial charge in [0.05, 0.1) is 5.48 Å². The van der Waals surface area contributed by atoms with Gasteiger partial charge in [0, 0.05) is 27.0 Å². The van der Waals surface area contributed by atoms with Crippen LogP contribution in [-0.4, -0.2) is 23.8 Å². The zero-order valence-electron chi connectivity index (χ0n) is 12.4. The zero-order chi connectivity index (χ0) is 13.2. The van der Waals surface area contributed by atoms with Crippen LogP contribution in [0.2, 0.25) is 0 Å². The van der Waals surface area contributed by atoms with Gasteiger partial charge in [-0.15, -0.1) is 0 Å². The van der Waals surface area contributed by atoms with E-state index in [1.165, 1.54) is 0 Å². The zero-order valence-corrected chi connectivity index (χ0v) is 7.39. The summed E-state index contributed by atoms with van der Waals surface area (Å²) in [6, 6.07) is -1.06. The van der Waals surface area contributed by atoms with Gasteiger partial charge < -0.3 is 4.90 Å². The normalized spacial score (nSPS) is 31.0. The number of rotatable bonds is 2. The summed E-state index contributed by atoms with van der Waals surface area (Å²) in [6.07, 6.45) is -1.44. The monoisotopic (exact) mass is 169 g/mol. The Morgan fingerprint density at radius 3 is 3.00 bits per heavy atom. The predicted molar refractivity (Wildman–Crippen MR) is 53.3 cm³/mol. The van der Waals surface area contributed by atoms with Crippen molar-refractivity contribution >= 4 is 5.84 Å². The van der Waals surface area contributed by atoms with E-state index in [1.54, 1.807) is 4.90 Å². The van der Waals surface area contributed by atoms with E-state index in [-0.39, 0.29) is 24.1 Å². The maximum Gasteiger partial charge on any atom is 0.108 e. The second-order valence-electron chi connectivity index (χ2n) is 2.29. The average Bonchev–Trinajstić information content (AvgIpc) is 2.39. The molecule has 0 N–H and O–H groups in total. The van der Waals surface area contributed by atoms with Crippen molar-refractivity contribution in [1.82, 2.24) is 4.90 Å². The Morgan fingerprint density at radius 1 is 1.58 bits per heavy atom. The molecule has 0 fully saturated rings. The largest absolute Gasteiger partial charge is 0.360 e. The molecule has 0 aromatic heterocycles. The highest BCUT2D eigenvalue weighted by molar-refractivity contribution is 5.84. The maximum atomic E-state index is 7.89. The Balaban J connectivity index is 3.30. The molecule has 12 heavy (non-hydrogen) atoms. The Labute approximate surface area is 81.3 Å². The number of aliphatic imine (C=N–C) groups is 1. The van der Waals surface area contributed by atoms with Crippen molar-refractivity contribution in [3.05, 3.63) is 24.3 Å². The standard InChI is InChI=1S/C10H16N2/c1-3-12(4-2)10-8-6-5-7-9-11-10/h5-7,9H,3-4,8H2,1-2H3/i5D,6D,7D,8D,9D. The molecule has 1 heterocycles. The van der Waals surface area contributed by atoms with Gasteiger partial charge in [-0.1, -0.05) is 12.1 Å². The van der Waals surface area contributed by atoms with Gasteiger partial charge in [-0.25, -0.2) is 4.99 Å². The molecule has 0 aromatic rings. The van der Waals surface area contributed by atoms with Gasteiger partial charge in [0.15, 0.2) is 0 Å². The summed E-state index contributed by atoms with van der Waals surface area (Å²) in [5.74, 6) is 0.275. The van der Waals surface area contributed by atoms with E-state index in [1.807, 2.05) is 13.8 Å². The molecule has 2 heteroatoms. The quantitative estimate of drug-likeness (QED) is 0.618. The molecule has 66 valence electrons. The van der Waals surface area contributed by atoms with Crippen LogP contribution in [-0.2, 0) is 0 Å². The van der Waals surface area contributed by atoms with E-state index in [9.17, 15) is 0 Å². The van der Waals surface area contributed by atoms with Crippen LogP contribution in [0.15, 0.2) is 29.3 Å². The predicted octanol–water partition coefficient (Wildman–Crippen LogP) is 2.20. The van der Waals surface area contributed by atoms with Crippen molar-refractivity contribution in [2.24, 2.45) is 4.99 Å². The van der Waals surface area contributed by atoms with Crippen molar-refractivity contribution in [2.45, 2.75) is 20.2 Å². The van der Waals surface area contributed by atoms with Crippen molar-refractivity contribution in [2.75, 3.05) is 13.1 Å². The maximum absolute atomic E-state index is 7.89. The highest BCUT2D eigenvalue weighted by Gasteiger charge is 2.04. The molecule has 0 amide bonds. The SMILES string of the molecule is [2H]C1=C([2H])C([2H])=C([2H])C([2H])C(N(CC)CC)=N1. The van der Waals surface area contributed by atoms with Crippen LogP contribution in [0.5, 0.6) is 0 Å². The molecule has 1 unspecified atom stereocenters. The Hall–Kier alpha value is -1.05. The summed E-state index contributed by atoms with van der Waals surface area (Å²) >= 11 is 0. The minimum atomic E-state index is -1.09. The van der Waals surface area contributed by atoms with Gasteiger partial charge >= 0.3 is 0 Å². The Bertz CT molecular complexity index is 396. The van der Waals surface area contributed by atoms with Gasteiger partial charge in [0.25, 0.3) is 0 Å². The van der Waals surface area contributed by atoms with Gasteiger partial charge in [-0.2, -0.15) is 0 Å². The van der Waals surface area contributed by atoms with E-state index in [2.05, 4.69) is 4.99 Å². The molecule has 0 radical (unpaired) electrons. The number of allylic oxidation sites excluding steroid dienone is 2. The van der Waals surface area contributed by atoms with Crippen LogP contribution in [0.1, 0.15) is 27.1 Å². The molecule has 0 bridgehead atoms. The molecule has 0 saturated heterocycles. The highest BCUT2D eigenvalue weighted by atomic mass is 15.2. The number of amidine groups is 1. The van der Waals surface area contributed by atoms with Gasteiger partial charge in [-0.05, 0) is 19.9 Å². The van der Waals surface area contributed by atoms with Crippen LogP contribution in [0, 0.1) is 0 Å². The van der Waals surface area contributed by atoms with Crippen LogP contribution in [0.3, 0.4) is 0 Å². The summed E-state index contributed by atoms with van der Waals surface area (Å²) in [5.41, 5.74) is 0. The summed E-state index contributed by atoms with van der Waals surface area (Å²) in [5, 5.41) is 0. The van der Waals surface area contributed by atoms with E-state index >= 15 is 0 Å². The molecule has 0 aromatic carbocycles. The smallest absolute Gasteiger partial charge is 0.108 e. The number of nitrogens with zero attached hydrogens (tertiary/aromatic N) is 2. The summed E-state index contributed by atoms with van der Waals surface area (Å²) in [7, 11) is 0. The fourth-order valence-corrected chi connectivity index (χ4v) is 0.992. The van der Waals surface area contributed by atoms with Crippen LogP contribution in [0.4, 0.5) is 0 Å². The van der Waals surface area contributed by atoms with Crippen molar-refractivity contribution < 1.29 is 6.85 Å². The molecule has 1 rings (SSSR count). The first-order valence-corrected chi connectivity index (χ1v) is 4.04. The van der Waals surface area contributed by atoms with Crippen LogP contribution >= 0.6 is 0 Å². The second-order valence-corrected chi connectivity index (χ2v) is 2.29. The second kappa shape index (κ2) is 4.75. The molecule has 2 nitrogen and oxygen atoms in total. The van der Waals surface area contributed by atoms with Crippen LogP contribution < -0.4 is 0 Å². The van der Waals surface area contributed by atoms with Crippen LogP contribution in [0.25, 0.3) is 0 Å². The van der Waals surface area contributed by atoms with Crippen molar-refractivity contribution in [3.8, 4) is 0 Å². The lowest BCUT2D eigenvalue weighted by Crippen LogP contribution is -2.29. The van der Waals surface area contributed by atoms with E-state index in [0.29, 0.717) is 13.1 Å². The lowest BCUT2D eigenvalue weighted by atomic mass is 10.3. The molecular weight excluding hydrogens is 148 g/mol. The minimum Gasteiger partial charge on any atom is -0.360 e. The molecule has 1 atom stereocenters. The third-order valence-electron chi connectivity index (χ3n) is 1.65. The Morgan fingerprint density at radius 2 is 2.33 bits per heavy atom. The first-order valence-electron chi connectivity index (χ1n) is 6.62. The summed E-state index contributed by atoms with van der Waals surface area (Å²) in [4.78, 5) is 5.68. The number of hydrogen-bond acceptors (Lipinski definition) is 2. The molecule has 0 aliphatic carbocycles. The lowest BCUT2D eigenvalue weighted by molar-refractivity contribution is 0.459. The molecule has 1 aliphatic rings. The fourth-order valence-electron chi connectivity index (χ4n) is 0.992. The van der Waals surface area contributed by atoms with Gasteiger partial charge in [0.2, 0.25) is 0 Å². The number of hydrogen-bond donors (Lipinski definition) is 0. The first kappa shape index (κ1) is 4.26. The third-order valence-corrected chi connectivity index (χ3v) is 1.65. The minimum absolute atomic E-state index is 0.275. The molecular formula is C10H16N2. The molecule has 0 saturated carbocycles. The first-order chi connectivity index (χ1) is 7.93.